The van der Waals surface area contributed by atoms with E-state index in [0.29, 0.717) is 16.5 Å². The summed E-state index contributed by atoms with van der Waals surface area (Å²) in [7, 11) is 0. The molecule has 4 rings (SSSR count). The van der Waals surface area contributed by atoms with E-state index >= 15 is 0 Å². The Morgan fingerprint density at radius 3 is 2.81 bits per heavy atom. The lowest BCUT2D eigenvalue weighted by molar-refractivity contribution is -0.384. The number of hydrogen-bond acceptors (Lipinski definition) is 7. The van der Waals surface area contributed by atoms with Crippen LogP contribution < -0.4 is 5.32 Å². The van der Waals surface area contributed by atoms with Crippen LogP contribution in [0.4, 0.5) is 11.4 Å². The van der Waals surface area contributed by atoms with Gasteiger partial charge in [0.25, 0.3) is 11.6 Å². The first-order valence-electron chi connectivity index (χ1n) is 9.54. The smallest absolute Gasteiger partial charge is 0.339 e. The second-order valence-corrected chi connectivity index (χ2v) is 7.01. The van der Waals surface area contributed by atoms with E-state index in [1.54, 1.807) is 12.1 Å². The van der Waals surface area contributed by atoms with Crippen LogP contribution in [-0.2, 0) is 22.4 Å². The molecule has 9 heteroatoms. The molecule has 0 unspecified atom stereocenters. The largest absolute Gasteiger partial charge is 0.452 e. The number of benzene rings is 2. The first-order chi connectivity index (χ1) is 15.0. The second-order valence-electron chi connectivity index (χ2n) is 7.01. The number of nitro groups is 1. The summed E-state index contributed by atoms with van der Waals surface area (Å²) in [5, 5.41) is 23.1. The quantitative estimate of drug-likeness (QED) is 0.383. The third-order valence-corrected chi connectivity index (χ3v) is 5.07. The minimum atomic E-state index is -0.659. The summed E-state index contributed by atoms with van der Waals surface area (Å²) in [6.07, 6.45) is 2.41. The molecule has 3 aromatic rings. The minimum absolute atomic E-state index is 0.0631. The molecule has 1 amide bonds. The average molecular weight is 416 g/mol. The van der Waals surface area contributed by atoms with Gasteiger partial charge in [-0.15, -0.1) is 0 Å². The van der Waals surface area contributed by atoms with Gasteiger partial charge in [0.2, 0.25) is 0 Å². The van der Waals surface area contributed by atoms with E-state index in [0.717, 1.165) is 36.6 Å². The fourth-order valence-electron chi connectivity index (χ4n) is 3.68. The Morgan fingerprint density at radius 2 is 2.03 bits per heavy atom. The van der Waals surface area contributed by atoms with Crippen LogP contribution in [0.1, 0.15) is 33.6 Å². The molecule has 0 fully saturated rings. The number of ether oxygens (including phenoxy) is 1. The second kappa shape index (κ2) is 8.20. The summed E-state index contributed by atoms with van der Waals surface area (Å²) >= 11 is 0. The lowest BCUT2D eigenvalue weighted by Crippen LogP contribution is -2.22. The number of pyridine rings is 1. The number of hydrogen-bond donors (Lipinski definition) is 1. The van der Waals surface area contributed by atoms with Crippen LogP contribution in [0.15, 0.2) is 42.5 Å². The molecule has 31 heavy (non-hydrogen) atoms. The van der Waals surface area contributed by atoms with Crippen LogP contribution in [0, 0.1) is 21.4 Å². The molecule has 0 atom stereocenters. The SMILES string of the molecule is N#Cc1cc([N+](=O)[O-])ccc1NC(=O)COC(=O)c1c2c(nc3ccccc13)CCC2. The van der Waals surface area contributed by atoms with Gasteiger partial charge in [-0.25, -0.2) is 4.79 Å². The summed E-state index contributed by atoms with van der Waals surface area (Å²) in [6, 6.07) is 12.6. The maximum absolute atomic E-state index is 12.9. The average Bonchev–Trinajstić information content (AvgIpc) is 3.23. The van der Waals surface area contributed by atoms with Crippen molar-refractivity contribution >= 4 is 34.2 Å². The van der Waals surface area contributed by atoms with E-state index in [1.807, 2.05) is 18.2 Å². The van der Waals surface area contributed by atoms with Crippen molar-refractivity contribution in [3.05, 3.63) is 75.0 Å². The van der Waals surface area contributed by atoms with Gasteiger partial charge in [0.05, 0.1) is 27.3 Å². The number of fused-ring (bicyclic) bond motifs is 2. The van der Waals surface area contributed by atoms with Gasteiger partial charge < -0.3 is 10.1 Å². The van der Waals surface area contributed by atoms with Gasteiger partial charge in [-0.3, -0.25) is 19.9 Å². The fraction of sp³-hybridized carbons (Fsp3) is 0.182. The Bertz CT molecular complexity index is 1280. The molecule has 0 saturated heterocycles. The Morgan fingerprint density at radius 1 is 1.23 bits per heavy atom. The van der Waals surface area contributed by atoms with Gasteiger partial charge in [0.15, 0.2) is 6.61 Å². The zero-order valence-corrected chi connectivity index (χ0v) is 16.3. The van der Waals surface area contributed by atoms with Gasteiger partial charge in [-0.05, 0) is 37.0 Å². The fourth-order valence-corrected chi connectivity index (χ4v) is 3.68. The van der Waals surface area contributed by atoms with Crippen LogP contribution >= 0.6 is 0 Å². The van der Waals surface area contributed by atoms with E-state index in [-0.39, 0.29) is 16.9 Å². The predicted molar refractivity (Wildman–Crippen MR) is 110 cm³/mol. The zero-order valence-electron chi connectivity index (χ0n) is 16.3. The highest BCUT2D eigenvalue weighted by atomic mass is 16.6. The van der Waals surface area contributed by atoms with Crippen LogP contribution in [0.2, 0.25) is 0 Å². The zero-order chi connectivity index (χ0) is 22.0. The number of esters is 1. The first kappa shape index (κ1) is 20.0. The standard InChI is InChI=1S/C22H16N4O5/c23-11-13-10-14(26(29)30)8-9-17(13)25-20(27)12-31-22(28)21-15-4-1-2-6-18(15)24-19-7-3-5-16(19)21/h1-2,4,6,8-10H,3,5,7,12H2,(H,25,27). The van der Waals surface area contributed by atoms with Crippen LogP contribution in [-0.4, -0.2) is 28.4 Å². The van der Waals surface area contributed by atoms with Gasteiger partial charge in [-0.2, -0.15) is 5.26 Å². The Labute approximate surface area is 176 Å². The highest BCUT2D eigenvalue weighted by Gasteiger charge is 2.25. The maximum Gasteiger partial charge on any atom is 0.339 e. The number of aryl methyl sites for hydroxylation is 1. The molecule has 0 spiro atoms. The highest BCUT2D eigenvalue weighted by molar-refractivity contribution is 6.06. The molecule has 2 aromatic carbocycles. The number of non-ortho nitro benzene ring substituents is 1. The number of nitro benzene ring substituents is 1. The van der Waals surface area contributed by atoms with E-state index in [9.17, 15) is 25.0 Å². The van der Waals surface area contributed by atoms with Crippen LogP contribution in [0.25, 0.3) is 10.9 Å². The molecule has 9 nitrogen and oxygen atoms in total. The van der Waals surface area contributed by atoms with Crippen molar-refractivity contribution < 1.29 is 19.2 Å². The monoisotopic (exact) mass is 416 g/mol. The Kier molecular flexibility index (Phi) is 5.28. The van der Waals surface area contributed by atoms with Crippen molar-refractivity contribution in [2.75, 3.05) is 11.9 Å². The summed E-state index contributed by atoms with van der Waals surface area (Å²) in [5.74, 6) is -1.27. The molecule has 0 saturated carbocycles. The minimum Gasteiger partial charge on any atom is -0.452 e. The third kappa shape index (κ3) is 3.91. The van der Waals surface area contributed by atoms with Crippen LogP contribution in [0.5, 0.6) is 0 Å². The molecule has 154 valence electrons. The molecule has 1 aliphatic carbocycles. The molecular weight excluding hydrogens is 400 g/mol. The molecule has 1 aromatic heterocycles. The molecule has 0 radical (unpaired) electrons. The summed E-state index contributed by atoms with van der Waals surface area (Å²) < 4.78 is 5.26. The lowest BCUT2D eigenvalue weighted by atomic mass is 10.0. The summed E-state index contributed by atoms with van der Waals surface area (Å²) in [5.41, 5.74) is 2.63. The Hall–Kier alpha value is -4.32. The van der Waals surface area contributed by atoms with Crippen molar-refractivity contribution in [1.29, 1.82) is 5.26 Å². The first-order valence-corrected chi connectivity index (χ1v) is 9.54. The molecule has 1 N–H and O–H groups in total. The van der Waals surface area contributed by atoms with Crippen molar-refractivity contribution in [3.8, 4) is 6.07 Å². The molecule has 0 aliphatic heterocycles. The van der Waals surface area contributed by atoms with Crippen molar-refractivity contribution in [2.45, 2.75) is 19.3 Å². The number of anilines is 1. The summed E-state index contributed by atoms with van der Waals surface area (Å²) in [6.45, 7) is -0.563. The lowest BCUT2D eigenvalue weighted by Gasteiger charge is -2.12. The summed E-state index contributed by atoms with van der Waals surface area (Å²) in [4.78, 5) is 40.0. The number of nitrogens with one attached hydrogen (secondary N) is 1. The number of carbonyl (C=O) groups excluding carboxylic acids is 2. The van der Waals surface area contributed by atoms with Gasteiger partial charge in [0.1, 0.15) is 6.07 Å². The molecular formula is C22H16N4O5. The predicted octanol–water partition coefficient (Wildman–Crippen LogP) is 3.30. The van der Waals surface area contributed by atoms with E-state index in [4.69, 9.17) is 4.74 Å². The number of rotatable bonds is 5. The highest BCUT2D eigenvalue weighted by Crippen LogP contribution is 2.30. The van der Waals surface area contributed by atoms with Gasteiger partial charge in [0, 0.05) is 23.2 Å². The number of amides is 1. The van der Waals surface area contributed by atoms with Crippen molar-refractivity contribution in [3.63, 3.8) is 0 Å². The van der Waals surface area contributed by atoms with Crippen molar-refractivity contribution in [1.82, 2.24) is 4.98 Å². The van der Waals surface area contributed by atoms with E-state index in [2.05, 4.69) is 10.3 Å². The number of nitrogens with zero attached hydrogens (tertiary/aromatic N) is 3. The number of nitriles is 1. The van der Waals surface area contributed by atoms with Crippen LogP contribution in [0.3, 0.4) is 0 Å². The molecule has 0 bridgehead atoms. The number of aromatic nitrogens is 1. The third-order valence-electron chi connectivity index (χ3n) is 5.07. The number of para-hydroxylation sites is 1. The Balaban J connectivity index is 1.51. The van der Waals surface area contributed by atoms with Gasteiger partial charge >= 0.3 is 5.97 Å². The molecule has 1 heterocycles. The van der Waals surface area contributed by atoms with Gasteiger partial charge in [-0.1, -0.05) is 18.2 Å². The van der Waals surface area contributed by atoms with E-state index in [1.165, 1.54) is 12.1 Å². The molecule has 1 aliphatic rings. The normalized spacial score (nSPS) is 12.1. The van der Waals surface area contributed by atoms with E-state index < -0.39 is 23.4 Å². The maximum atomic E-state index is 12.9. The number of carbonyl (C=O) groups is 2. The topological polar surface area (TPSA) is 135 Å². The van der Waals surface area contributed by atoms with Crippen molar-refractivity contribution in [2.24, 2.45) is 0 Å².